The minimum Gasteiger partial charge on any atom is -0.498 e. The fourth-order valence-corrected chi connectivity index (χ4v) is 3.78. The summed E-state index contributed by atoms with van der Waals surface area (Å²) in [5, 5.41) is 0. The fraction of sp³-hybridized carbons (Fsp3) is 0.364. The highest BCUT2D eigenvalue weighted by Crippen LogP contribution is 2.52. The van der Waals surface area contributed by atoms with Crippen LogP contribution in [0.25, 0.3) is 0 Å². The van der Waals surface area contributed by atoms with E-state index in [-0.39, 0.29) is 0 Å². The molecule has 126 valence electrons. The molecule has 2 unspecified atom stereocenters. The van der Waals surface area contributed by atoms with Crippen LogP contribution in [-0.2, 0) is 4.74 Å². The summed E-state index contributed by atoms with van der Waals surface area (Å²) in [5.74, 6) is 2.38. The Morgan fingerprint density at radius 2 is 1.62 bits per heavy atom. The first kappa shape index (κ1) is 16.8. The van der Waals surface area contributed by atoms with Gasteiger partial charge in [0.25, 0.3) is 0 Å². The number of ether oxygens (including phenoxy) is 1. The van der Waals surface area contributed by atoms with Crippen molar-refractivity contribution in [2.24, 2.45) is 11.8 Å². The lowest BCUT2D eigenvalue weighted by Gasteiger charge is -2.45. The molecule has 1 aromatic rings. The summed E-state index contributed by atoms with van der Waals surface area (Å²) in [5.41, 5.74) is 2.82. The van der Waals surface area contributed by atoms with Gasteiger partial charge in [-0.05, 0) is 32.2 Å². The smallest absolute Gasteiger partial charge is 0.102 e. The van der Waals surface area contributed by atoms with Crippen LogP contribution in [-0.4, -0.2) is 32.1 Å². The fourth-order valence-electron chi connectivity index (χ4n) is 3.78. The minimum absolute atomic E-state index is 0.373. The Balaban J connectivity index is 2.00. The lowest BCUT2D eigenvalue weighted by atomic mass is 9.63. The van der Waals surface area contributed by atoms with Gasteiger partial charge in [-0.25, -0.2) is 0 Å². The number of nitrogens with zero attached hydrogens (tertiary/aromatic N) is 1. The van der Waals surface area contributed by atoms with Crippen LogP contribution < -0.4 is 0 Å². The molecule has 0 saturated heterocycles. The minimum atomic E-state index is 0.373. The second kappa shape index (κ2) is 7.67. The van der Waals surface area contributed by atoms with Crippen molar-refractivity contribution in [1.29, 1.82) is 0 Å². The molecule has 24 heavy (non-hydrogen) atoms. The summed E-state index contributed by atoms with van der Waals surface area (Å²) in [7, 11) is 4.25. The molecule has 1 aromatic carbocycles. The zero-order chi connectivity index (χ0) is 16.9. The van der Waals surface area contributed by atoms with E-state index in [1.807, 2.05) is 0 Å². The molecule has 0 heterocycles. The van der Waals surface area contributed by atoms with Crippen molar-refractivity contribution in [1.82, 2.24) is 4.90 Å². The zero-order valence-corrected chi connectivity index (χ0v) is 14.9. The van der Waals surface area contributed by atoms with Crippen LogP contribution in [0.2, 0.25) is 0 Å². The van der Waals surface area contributed by atoms with Gasteiger partial charge in [-0.3, -0.25) is 0 Å². The van der Waals surface area contributed by atoms with Crippen LogP contribution in [0, 0.1) is 11.8 Å². The molecule has 0 amide bonds. The molecule has 0 N–H and O–H groups in total. The average Bonchev–Trinajstić information content (AvgIpc) is 2.85. The molecule has 0 aliphatic heterocycles. The molecule has 2 aliphatic carbocycles. The van der Waals surface area contributed by atoms with Gasteiger partial charge in [-0.1, -0.05) is 66.8 Å². The Morgan fingerprint density at radius 1 is 0.958 bits per heavy atom. The molecule has 3 rings (SSSR count). The molecule has 0 fully saturated rings. The van der Waals surface area contributed by atoms with Crippen molar-refractivity contribution in [2.45, 2.75) is 12.8 Å². The highest BCUT2D eigenvalue weighted by molar-refractivity contribution is 5.45. The van der Waals surface area contributed by atoms with Gasteiger partial charge in [0.15, 0.2) is 0 Å². The highest BCUT2D eigenvalue weighted by atomic mass is 16.5. The second-order valence-electron chi connectivity index (χ2n) is 6.71. The normalized spacial score (nSPS) is 23.5. The van der Waals surface area contributed by atoms with Crippen LogP contribution in [0.5, 0.6) is 0 Å². The summed E-state index contributed by atoms with van der Waals surface area (Å²) in [6.45, 7) is 3.75. The third-order valence-corrected chi connectivity index (χ3v) is 4.71. The van der Waals surface area contributed by atoms with E-state index in [0.717, 1.165) is 13.2 Å². The quantitative estimate of drug-likeness (QED) is 0.762. The maximum Gasteiger partial charge on any atom is 0.102 e. The number of benzene rings is 1. The Morgan fingerprint density at radius 3 is 2.21 bits per heavy atom. The standard InChI is InChI=1S/C22H27NO/c1-4-24-22-19(16-23(2)3)20(17-12-10-7-11-13-17)21(22)18-14-8-5-6-9-15-18/h5-15,18,20-21H,4,16H2,1-3H3. The molecule has 0 bridgehead atoms. The highest BCUT2D eigenvalue weighted by Gasteiger charge is 2.45. The van der Waals surface area contributed by atoms with Gasteiger partial charge in [-0.15, -0.1) is 0 Å². The maximum absolute atomic E-state index is 6.11. The first-order valence-corrected chi connectivity index (χ1v) is 8.79. The van der Waals surface area contributed by atoms with E-state index in [4.69, 9.17) is 4.74 Å². The van der Waals surface area contributed by atoms with Crippen molar-refractivity contribution in [2.75, 3.05) is 27.2 Å². The van der Waals surface area contributed by atoms with Crippen molar-refractivity contribution < 1.29 is 4.74 Å². The van der Waals surface area contributed by atoms with Gasteiger partial charge in [-0.2, -0.15) is 0 Å². The first-order chi connectivity index (χ1) is 11.7. The van der Waals surface area contributed by atoms with Crippen molar-refractivity contribution in [3.8, 4) is 0 Å². The zero-order valence-electron chi connectivity index (χ0n) is 14.9. The summed E-state index contributed by atoms with van der Waals surface area (Å²) in [6.07, 6.45) is 13.1. The molecule has 0 saturated carbocycles. The largest absolute Gasteiger partial charge is 0.498 e. The van der Waals surface area contributed by atoms with E-state index in [1.54, 1.807) is 0 Å². The Hall–Kier alpha value is -2.06. The van der Waals surface area contributed by atoms with E-state index in [1.165, 1.54) is 16.9 Å². The van der Waals surface area contributed by atoms with E-state index in [0.29, 0.717) is 17.8 Å². The van der Waals surface area contributed by atoms with E-state index in [2.05, 4.69) is 92.7 Å². The number of allylic oxidation sites excluding steroid dienone is 7. The average molecular weight is 321 g/mol. The number of likely N-dealkylation sites (N-methyl/N-ethyl adjacent to an activating group) is 1. The monoisotopic (exact) mass is 321 g/mol. The Bertz CT molecular complexity index is 650. The summed E-state index contributed by atoms with van der Waals surface area (Å²) >= 11 is 0. The van der Waals surface area contributed by atoms with Crippen molar-refractivity contribution in [3.63, 3.8) is 0 Å². The predicted octanol–water partition coefficient (Wildman–Crippen LogP) is 4.55. The molecular weight excluding hydrogens is 294 g/mol. The topological polar surface area (TPSA) is 12.5 Å². The van der Waals surface area contributed by atoms with Crippen LogP contribution in [0.3, 0.4) is 0 Å². The number of hydrogen-bond donors (Lipinski definition) is 0. The molecule has 2 atom stereocenters. The van der Waals surface area contributed by atoms with Crippen molar-refractivity contribution in [3.05, 3.63) is 83.7 Å². The molecule has 2 nitrogen and oxygen atoms in total. The summed E-state index contributed by atoms with van der Waals surface area (Å²) < 4.78 is 6.11. The van der Waals surface area contributed by atoms with Gasteiger partial charge < -0.3 is 9.64 Å². The summed E-state index contributed by atoms with van der Waals surface area (Å²) in [4.78, 5) is 2.24. The summed E-state index contributed by atoms with van der Waals surface area (Å²) in [6, 6.07) is 10.9. The molecular formula is C22H27NO. The molecule has 0 spiro atoms. The Kier molecular flexibility index (Phi) is 5.37. The van der Waals surface area contributed by atoms with Crippen LogP contribution in [0.15, 0.2) is 78.1 Å². The van der Waals surface area contributed by atoms with E-state index in [9.17, 15) is 0 Å². The molecule has 0 aromatic heterocycles. The van der Waals surface area contributed by atoms with E-state index < -0.39 is 0 Å². The van der Waals surface area contributed by atoms with Crippen LogP contribution in [0.4, 0.5) is 0 Å². The third kappa shape index (κ3) is 3.39. The second-order valence-corrected chi connectivity index (χ2v) is 6.71. The molecule has 2 aliphatic rings. The maximum atomic E-state index is 6.11. The van der Waals surface area contributed by atoms with Crippen molar-refractivity contribution >= 4 is 0 Å². The number of hydrogen-bond acceptors (Lipinski definition) is 2. The van der Waals surface area contributed by atoms with Crippen LogP contribution >= 0.6 is 0 Å². The van der Waals surface area contributed by atoms with Gasteiger partial charge in [0.05, 0.1) is 6.61 Å². The van der Waals surface area contributed by atoms with Gasteiger partial charge in [0.2, 0.25) is 0 Å². The predicted molar refractivity (Wildman–Crippen MR) is 101 cm³/mol. The SMILES string of the molecule is CCOC1=C(CN(C)C)C(c2ccccc2)C1C1C=CC=CC=C1. The van der Waals surface area contributed by atoms with E-state index >= 15 is 0 Å². The lowest BCUT2D eigenvalue weighted by molar-refractivity contribution is 0.132. The van der Waals surface area contributed by atoms with Gasteiger partial charge in [0.1, 0.15) is 5.76 Å². The van der Waals surface area contributed by atoms with Gasteiger partial charge in [0, 0.05) is 24.3 Å². The number of rotatable bonds is 6. The van der Waals surface area contributed by atoms with Crippen LogP contribution in [0.1, 0.15) is 18.4 Å². The lowest BCUT2D eigenvalue weighted by Crippen LogP contribution is -2.39. The van der Waals surface area contributed by atoms with Gasteiger partial charge >= 0.3 is 0 Å². The Labute approximate surface area is 145 Å². The molecule has 2 heteroatoms. The third-order valence-electron chi connectivity index (χ3n) is 4.71. The first-order valence-electron chi connectivity index (χ1n) is 8.79. The molecule has 0 radical (unpaired) electrons.